The molecule has 1 aromatic carbocycles. The monoisotopic (exact) mass is 219 g/mol. The molecule has 1 N–H and O–H groups in total. The van der Waals surface area contributed by atoms with E-state index in [1.807, 2.05) is 0 Å². The Bertz CT molecular complexity index is 388. The lowest BCUT2D eigenvalue weighted by Crippen LogP contribution is -2.23. The fourth-order valence-electron chi connectivity index (χ4n) is 2.03. The van der Waals surface area contributed by atoms with Crippen molar-refractivity contribution in [1.82, 2.24) is 5.32 Å². The number of rotatable bonds is 3. The third-order valence-electron chi connectivity index (χ3n) is 3.00. The van der Waals surface area contributed by atoms with E-state index in [0.29, 0.717) is 6.42 Å². The molecule has 1 aromatic rings. The highest BCUT2D eigenvalue weighted by molar-refractivity contribution is 5.69. The minimum atomic E-state index is -0.139. The molecule has 3 nitrogen and oxygen atoms in total. The number of methoxy groups -OCH3 is 1. The normalized spacial score (nSPS) is 14.3. The number of ether oxygens (including phenoxy) is 1. The predicted molar refractivity (Wildman–Crippen MR) is 62.2 cm³/mol. The first-order chi connectivity index (χ1) is 7.79. The number of aryl methyl sites for hydroxylation is 1. The topological polar surface area (TPSA) is 38.3 Å². The molecule has 0 fully saturated rings. The van der Waals surface area contributed by atoms with E-state index in [0.717, 1.165) is 25.9 Å². The van der Waals surface area contributed by atoms with Gasteiger partial charge in [0.15, 0.2) is 0 Å². The second-order valence-corrected chi connectivity index (χ2v) is 4.11. The Balaban J connectivity index is 2.03. The molecule has 3 heteroatoms. The molecule has 0 unspecified atom stereocenters. The van der Waals surface area contributed by atoms with Gasteiger partial charge in [0.05, 0.1) is 7.11 Å². The van der Waals surface area contributed by atoms with E-state index in [-0.39, 0.29) is 5.97 Å². The predicted octanol–water partition coefficient (Wildman–Crippen LogP) is 1.44. The quantitative estimate of drug-likeness (QED) is 0.782. The smallest absolute Gasteiger partial charge is 0.305 e. The number of fused-ring (bicyclic) bond motifs is 1. The summed E-state index contributed by atoms with van der Waals surface area (Å²) >= 11 is 0. The Labute approximate surface area is 95.8 Å². The van der Waals surface area contributed by atoms with Gasteiger partial charge in [0, 0.05) is 13.0 Å². The van der Waals surface area contributed by atoms with Gasteiger partial charge in [-0.05, 0) is 36.1 Å². The van der Waals surface area contributed by atoms with Crippen LogP contribution in [0.4, 0.5) is 0 Å². The molecule has 86 valence electrons. The molecule has 0 amide bonds. The Morgan fingerprint density at radius 1 is 1.44 bits per heavy atom. The van der Waals surface area contributed by atoms with Crippen LogP contribution in [-0.4, -0.2) is 19.6 Å². The molecule has 0 aliphatic carbocycles. The molecule has 1 aliphatic rings. The summed E-state index contributed by atoms with van der Waals surface area (Å²) in [6, 6.07) is 6.49. The van der Waals surface area contributed by atoms with Crippen molar-refractivity contribution >= 4 is 5.97 Å². The molecule has 0 radical (unpaired) electrons. The van der Waals surface area contributed by atoms with Crippen LogP contribution in [0.3, 0.4) is 0 Å². The van der Waals surface area contributed by atoms with Crippen molar-refractivity contribution in [2.24, 2.45) is 0 Å². The van der Waals surface area contributed by atoms with Crippen molar-refractivity contribution in [2.75, 3.05) is 13.7 Å². The average Bonchev–Trinajstić information content (AvgIpc) is 2.35. The Kier molecular flexibility index (Phi) is 3.57. The van der Waals surface area contributed by atoms with E-state index < -0.39 is 0 Å². The first-order valence-electron chi connectivity index (χ1n) is 5.68. The maximum atomic E-state index is 11.0. The molecular formula is C13H17NO2. The number of nitrogens with one attached hydrogen (secondary N) is 1. The lowest BCUT2D eigenvalue weighted by Gasteiger charge is -2.17. The largest absolute Gasteiger partial charge is 0.469 e. The molecule has 1 aliphatic heterocycles. The SMILES string of the molecule is COC(=O)CCc1ccc2c(c1)CCNC2. The van der Waals surface area contributed by atoms with Gasteiger partial charge < -0.3 is 10.1 Å². The summed E-state index contributed by atoms with van der Waals surface area (Å²) in [6.45, 7) is 2.01. The summed E-state index contributed by atoms with van der Waals surface area (Å²) in [5.41, 5.74) is 4.03. The van der Waals surface area contributed by atoms with Crippen molar-refractivity contribution in [1.29, 1.82) is 0 Å². The van der Waals surface area contributed by atoms with Crippen LogP contribution >= 0.6 is 0 Å². The van der Waals surface area contributed by atoms with Gasteiger partial charge in [-0.15, -0.1) is 0 Å². The van der Waals surface area contributed by atoms with Crippen LogP contribution in [0, 0.1) is 0 Å². The van der Waals surface area contributed by atoms with E-state index in [1.165, 1.54) is 23.8 Å². The zero-order chi connectivity index (χ0) is 11.4. The van der Waals surface area contributed by atoms with Gasteiger partial charge in [0.2, 0.25) is 0 Å². The number of hydrogen-bond acceptors (Lipinski definition) is 3. The molecule has 0 spiro atoms. The third kappa shape index (κ3) is 2.61. The van der Waals surface area contributed by atoms with Crippen LogP contribution in [0.1, 0.15) is 23.1 Å². The second kappa shape index (κ2) is 5.12. The lowest BCUT2D eigenvalue weighted by atomic mass is 9.97. The van der Waals surface area contributed by atoms with E-state index in [4.69, 9.17) is 0 Å². The second-order valence-electron chi connectivity index (χ2n) is 4.11. The number of benzene rings is 1. The molecule has 2 rings (SSSR count). The molecule has 0 saturated heterocycles. The fourth-order valence-corrected chi connectivity index (χ4v) is 2.03. The zero-order valence-corrected chi connectivity index (χ0v) is 9.58. The number of esters is 1. The summed E-state index contributed by atoms with van der Waals surface area (Å²) in [4.78, 5) is 11.0. The van der Waals surface area contributed by atoms with Crippen LogP contribution in [-0.2, 0) is 28.9 Å². The fraction of sp³-hybridized carbons (Fsp3) is 0.462. The van der Waals surface area contributed by atoms with Crippen molar-refractivity contribution in [2.45, 2.75) is 25.8 Å². The molecule has 16 heavy (non-hydrogen) atoms. The number of hydrogen-bond donors (Lipinski definition) is 1. The van der Waals surface area contributed by atoms with Gasteiger partial charge in [-0.2, -0.15) is 0 Å². The molecular weight excluding hydrogens is 202 g/mol. The van der Waals surface area contributed by atoms with Crippen LogP contribution in [0.2, 0.25) is 0 Å². The van der Waals surface area contributed by atoms with Crippen molar-refractivity contribution in [3.63, 3.8) is 0 Å². The molecule has 0 bridgehead atoms. The van der Waals surface area contributed by atoms with Crippen LogP contribution in [0.5, 0.6) is 0 Å². The first-order valence-corrected chi connectivity index (χ1v) is 5.68. The maximum Gasteiger partial charge on any atom is 0.305 e. The van der Waals surface area contributed by atoms with Crippen molar-refractivity contribution in [3.8, 4) is 0 Å². The van der Waals surface area contributed by atoms with Crippen LogP contribution in [0.15, 0.2) is 18.2 Å². The van der Waals surface area contributed by atoms with E-state index in [2.05, 4.69) is 28.3 Å². The number of carbonyl (C=O) groups excluding carboxylic acids is 1. The standard InChI is InChI=1S/C13H17NO2/c1-16-13(15)5-3-10-2-4-12-9-14-7-6-11(12)8-10/h2,4,8,14H,3,5-7,9H2,1H3. The zero-order valence-electron chi connectivity index (χ0n) is 9.58. The van der Waals surface area contributed by atoms with Crippen molar-refractivity contribution < 1.29 is 9.53 Å². The van der Waals surface area contributed by atoms with E-state index >= 15 is 0 Å². The van der Waals surface area contributed by atoms with Gasteiger partial charge in [-0.1, -0.05) is 18.2 Å². The molecule has 0 aromatic heterocycles. The third-order valence-corrected chi connectivity index (χ3v) is 3.00. The van der Waals surface area contributed by atoms with E-state index in [9.17, 15) is 4.79 Å². The highest BCUT2D eigenvalue weighted by atomic mass is 16.5. The Morgan fingerprint density at radius 3 is 3.12 bits per heavy atom. The summed E-state index contributed by atoms with van der Waals surface area (Å²) < 4.78 is 4.64. The summed E-state index contributed by atoms with van der Waals surface area (Å²) in [5, 5.41) is 3.35. The summed E-state index contributed by atoms with van der Waals surface area (Å²) in [7, 11) is 1.43. The molecule has 0 atom stereocenters. The average molecular weight is 219 g/mol. The highest BCUT2D eigenvalue weighted by Gasteiger charge is 2.09. The van der Waals surface area contributed by atoms with Gasteiger partial charge in [0.1, 0.15) is 0 Å². The van der Waals surface area contributed by atoms with Gasteiger partial charge in [-0.25, -0.2) is 0 Å². The Morgan fingerprint density at radius 2 is 2.31 bits per heavy atom. The van der Waals surface area contributed by atoms with Gasteiger partial charge in [-0.3, -0.25) is 4.79 Å². The maximum absolute atomic E-state index is 11.0. The van der Waals surface area contributed by atoms with Gasteiger partial charge in [0.25, 0.3) is 0 Å². The summed E-state index contributed by atoms with van der Waals surface area (Å²) in [6.07, 6.45) is 2.32. The Hall–Kier alpha value is -1.35. The first kappa shape index (κ1) is 11.1. The lowest BCUT2D eigenvalue weighted by molar-refractivity contribution is -0.140. The van der Waals surface area contributed by atoms with Crippen LogP contribution < -0.4 is 5.32 Å². The number of carbonyl (C=O) groups is 1. The molecule has 1 heterocycles. The minimum Gasteiger partial charge on any atom is -0.469 e. The molecule has 0 saturated carbocycles. The van der Waals surface area contributed by atoms with Gasteiger partial charge >= 0.3 is 5.97 Å². The highest BCUT2D eigenvalue weighted by Crippen LogP contribution is 2.16. The van der Waals surface area contributed by atoms with Crippen LogP contribution in [0.25, 0.3) is 0 Å². The minimum absolute atomic E-state index is 0.139. The van der Waals surface area contributed by atoms with Crippen molar-refractivity contribution in [3.05, 3.63) is 34.9 Å². The summed E-state index contributed by atoms with van der Waals surface area (Å²) in [5.74, 6) is -0.139. The van der Waals surface area contributed by atoms with E-state index in [1.54, 1.807) is 0 Å².